The van der Waals surface area contributed by atoms with E-state index in [9.17, 15) is 4.79 Å². The lowest BCUT2D eigenvalue weighted by Crippen LogP contribution is -2.38. The van der Waals surface area contributed by atoms with E-state index in [1.54, 1.807) is 0 Å². The van der Waals surface area contributed by atoms with Gasteiger partial charge in [-0.3, -0.25) is 9.36 Å². The first-order valence-corrected chi connectivity index (χ1v) is 11.7. The molecule has 30 heavy (non-hydrogen) atoms. The minimum atomic E-state index is 0.0402. The molecule has 0 spiro atoms. The summed E-state index contributed by atoms with van der Waals surface area (Å²) in [5, 5.41) is 12.7. The lowest BCUT2D eigenvalue weighted by Gasteiger charge is -2.28. The smallest absolute Gasteiger partial charge is 0.230 e. The lowest BCUT2D eigenvalue weighted by atomic mass is 10.0. The number of aromatic nitrogens is 3. The maximum atomic E-state index is 12.4. The molecule has 1 aliphatic heterocycles. The highest BCUT2D eigenvalue weighted by Gasteiger charge is 2.21. The van der Waals surface area contributed by atoms with Crippen molar-refractivity contribution in [2.75, 3.05) is 37.0 Å². The molecule has 3 rings (SSSR count). The summed E-state index contributed by atoms with van der Waals surface area (Å²) in [6, 6.07) is 10.5. The molecule has 0 radical (unpaired) electrons. The van der Waals surface area contributed by atoms with Crippen LogP contribution in [0.1, 0.15) is 39.2 Å². The number of thioether (sulfide) groups is 1. The summed E-state index contributed by atoms with van der Waals surface area (Å²) in [6.07, 6.45) is 2.11. The normalized spacial score (nSPS) is 15.4. The van der Waals surface area contributed by atoms with Crippen LogP contribution >= 0.6 is 11.8 Å². The molecule has 0 bridgehead atoms. The average Bonchev–Trinajstić information content (AvgIpc) is 3.14. The molecule has 1 amide bonds. The van der Waals surface area contributed by atoms with Crippen LogP contribution in [-0.4, -0.2) is 58.8 Å². The fourth-order valence-electron chi connectivity index (χ4n) is 3.39. The molecular formula is C22H33N5O2S. The fraction of sp³-hybridized carbons (Fsp3) is 0.591. The van der Waals surface area contributed by atoms with Crippen molar-refractivity contribution >= 4 is 23.6 Å². The zero-order valence-corrected chi connectivity index (χ0v) is 19.0. The van der Waals surface area contributed by atoms with Gasteiger partial charge in [0.25, 0.3) is 0 Å². The number of nitrogens with one attached hydrogen (secondary N) is 1. The predicted octanol–water partition coefficient (Wildman–Crippen LogP) is 3.20. The van der Waals surface area contributed by atoms with Crippen molar-refractivity contribution in [2.24, 2.45) is 5.92 Å². The van der Waals surface area contributed by atoms with Gasteiger partial charge in [-0.25, -0.2) is 0 Å². The lowest BCUT2D eigenvalue weighted by molar-refractivity contribution is -0.119. The van der Waals surface area contributed by atoms with Gasteiger partial charge >= 0.3 is 0 Å². The number of carbonyl (C=O) groups excluding carboxylic acids is 1. The Morgan fingerprint density at radius 2 is 1.87 bits per heavy atom. The van der Waals surface area contributed by atoms with Crippen LogP contribution in [0.25, 0.3) is 0 Å². The number of hydrogen-bond donors (Lipinski definition) is 1. The highest BCUT2D eigenvalue weighted by molar-refractivity contribution is 7.99. The first kappa shape index (κ1) is 22.6. The molecule has 1 N–H and O–H groups in total. The van der Waals surface area contributed by atoms with Crippen LogP contribution in [-0.2, 0) is 16.1 Å². The molecule has 0 unspecified atom stereocenters. The van der Waals surface area contributed by atoms with Gasteiger partial charge in [0.2, 0.25) is 11.9 Å². The van der Waals surface area contributed by atoms with E-state index >= 15 is 0 Å². The predicted molar refractivity (Wildman–Crippen MR) is 121 cm³/mol. The van der Waals surface area contributed by atoms with Gasteiger partial charge in [-0.05, 0) is 31.2 Å². The van der Waals surface area contributed by atoms with Crippen molar-refractivity contribution in [3.05, 3.63) is 35.9 Å². The Labute approximate surface area is 183 Å². The number of carbonyl (C=O) groups is 1. The number of amides is 1. The van der Waals surface area contributed by atoms with Gasteiger partial charge in [0, 0.05) is 19.1 Å². The van der Waals surface area contributed by atoms with Gasteiger partial charge < -0.3 is 15.0 Å². The van der Waals surface area contributed by atoms with Crippen LogP contribution in [0, 0.1) is 5.92 Å². The third-order valence-electron chi connectivity index (χ3n) is 5.09. The molecule has 0 aliphatic carbocycles. The molecule has 1 aromatic heterocycles. The van der Waals surface area contributed by atoms with Crippen LogP contribution in [0.4, 0.5) is 5.95 Å². The second kappa shape index (κ2) is 11.4. The standard InChI is InChI=1S/C22H33N5O2S/c1-17(2)9-10-18(3)23-20(28)16-30-22-25-24-21(26-11-13-29-14-12-26)27(22)15-19-7-5-4-6-8-19/h4-8,17-18H,9-16H2,1-3H3,(H,23,28)/t18-/m1/s1. The van der Waals surface area contributed by atoms with E-state index in [-0.39, 0.29) is 11.9 Å². The monoisotopic (exact) mass is 431 g/mol. The third-order valence-corrected chi connectivity index (χ3v) is 6.06. The second-order valence-electron chi connectivity index (χ2n) is 8.18. The Kier molecular flexibility index (Phi) is 8.57. The van der Waals surface area contributed by atoms with Gasteiger partial charge in [-0.2, -0.15) is 0 Å². The largest absolute Gasteiger partial charge is 0.378 e. The second-order valence-corrected chi connectivity index (χ2v) is 9.12. The van der Waals surface area contributed by atoms with Crippen molar-refractivity contribution in [1.82, 2.24) is 20.1 Å². The van der Waals surface area contributed by atoms with Crippen LogP contribution in [0.5, 0.6) is 0 Å². The molecule has 164 valence electrons. The molecule has 7 nitrogen and oxygen atoms in total. The maximum absolute atomic E-state index is 12.4. The number of benzene rings is 1. The highest BCUT2D eigenvalue weighted by atomic mass is 32.2. The van der Waals surface area contributed by atoms with E-state index in [0.717, 1.165) is 37.0 Å². The van der Waals surface area contributed by atoms with E-state index in [0.29, 0.717) is 31.4 Å². The van der Waals surface area contributed by atoms with Crippen molar-refractivity contribution in [3.8, 4) is 0 Å². The topological polar surface area (TPSA) is 72.3 Å². The first-order valence-electron chi connectivity index (χ1n) is 10.7. The third kappa shape index (κ3) is 6.74. The summed E-state index contributed by atoms with van der Waals surface area (Å²) < 4.78 is 7.59. The quantitative estimate of drug-likeness (QED) is 0.583. The molecule has 1 aromatic carbocycles. The Hall–Kier alpha value is -2.06. The Morgan fingerprint density at radius 3 is 2.57 bits per heavy atom. The molecule has 2 aromatic rings. The van der Waals surface area contributed by atoms with Gasteiger partial charge in [-0.1, -0.05) is 55.9 Å². The number of ether oxygens (including phenoxy) is 1. The van der Waals surface area contributed by atoms with E-state index < -0.39 is 0 Å². The summed E-state index contributed by atoms with van der Waals surface area (Å²) >= 11 is 1.44. The van der Waals surface area contributed by atoms with Crippen molar-refractivity contribution in [3.63, 3.8) is 0 Å². The van der Waals surface area contributed by atoms with Crippen molar-refractivity contribution in [2.45, 2.75) is 51.4 Å². The van der Waals surface area contributed by atoms with Crippen LogP contribution in [0.15, 0.2) is 35.5 Å². The minimum absolute atomic E-state index is 0.0402. The van der Waals surface area contributed by atoms with Crippen molar-refractivity contribution < 1.29 is 9.53 Å². The fourth-order valence-corrected chi connectivity index (χ4v) is 4.14. The Morgan fingerprint density at radius 1 is 1.13 bits per heavy atom. The van der Waals surface area contributed by atoms with Crippen LogP contribution < -0.4 is 10.2 Å². The number of hydrogen-bond acceptors (Lipinski definition) is 6. The van der Waals surface area contributed by atoms with Crippen LogP contribution in [0.2, 0.25) is 0 Å². The van der Waals surface area contributed by atoms with E-state index in [1.807, 2.05) is 18.2 Å². The van der Waals surface area contributed by atoms with E-state index in [1.165, 1.54) is 17.3 Å². The van der Waals surface area contributed by atoms with E-state index in [2.05, 4.69) is 57.9 Å². The first-order chi connectivity index (χ1) is 14.5. The number of rotatable bonds is 10. The molecular weight excluding hydrogens is 398 g/mol. The molecule has 1 fully saturated rings. The van der Waals surface area contributed by atoms with Gasteiger partial charge in [0.15, 0.2) is 5.16 Å². The maximum Gasteiger partial charge on any atom is 0.230 e. The molecule has 8 heteroatoms. The van der Waals surface area contributed by atoms with Gasteiger partial charge in [0.1, 0.15) is 0 Å². The summed E-state index contributed by atoms with van der Waals surface area (Å²) in [5.41, 5.74) is 1.18. The average molecular weight is 432 g/mol. The number of anilines is 1. The molecule has 0 saturated carbocycles. The molecule has 1 aliphatic rings. The highest BCUT2D eigenvalue weighted by Crippen LogP contribution is 2.24. The summed E-state index contributed by atoms with van der Waals surface area (Å²) in [4.78, 5) is 14.6. The molecule has 2 heterocycles. The van der Waals surface area contributed by atoms with Gasteiger partial charge in [0.05, 0.1) is 25.5 Å². The Balaban J connectivity index is 1.66. The van der Waals surface area contributed by atoms with Gasteiger partial charge in [-0.15, -0.1) is 10.2 Å². The summed E-state index contributed by atoms with van der Waals surface area (Å²) in [7, 11) is 0. The molecule has 1 saturated heterocycles. The zero-order chi connectivity index (χ0) is 21.3. The SMILES string of the molecule is CC(C)CC[C@@H](C)NC(=O)CSc1nnc(N2CCOCC2)n1Cc1ccccc1. The number of nitrogens with zero attached hydrogens (tertiary/aromatic N) is 4. The van der Waals surface area contributed by atoms with Crippen molar-refractivity contribution in [1.29, 1.82) is 0 Å². The summed E-state index contributed by atoms with van der Waals surface area (Å²) in [6.45, 7) is 10.1. The summed E-state index contributed by atoms with van der Waals surface area (Å²) in [5.74, 6) is 1.87. The Bertz CT molecular complexity index is 790. The van der Waals surface area contributed by atoms with Crippen LogP contribution in [0.3, 0.4) is 0 Å². The molecule has 1 atom stereocenters. The minimum Gasteiger partial charge on any atom is -0.378 e. The zero-order valence-electron chi connectivity index (χ0n) is 18.2. The van der Waals surface area contributed by atoms with E-state index in [4.69, 9.17) is 4.74 Å². The number of morpholine rings is 1.